The monoisotopic (exact) mass is 556 g/mol. The van der Waals surface area contributed by atoms with E-state index in [2.05, 4.69) is 16.0 Å². The van der Waals surface area contributed by atoms with Crippen LogP contribution in [0.2, 0.25) is 0 Å². The van der Waals surface area contributed by atoms with Crippen molar-refractivity contribution in [1.82, 2.24) is 16.0 Å². The molecule has 0 spiro atoms. The van der Waals surface area contributed by atoms with Crippen molar-refractivity contribution in [2.75, 3.05) is 26.7 Å². The molecule has 1 unspecified atom stereocenters. The maximum atomic E-state index is 11.6. The van der Waals surface area contributed by atoms with E-state index in [0.29, 0.717) is 25.3 Å². The number of nitrogens with two attached hydrogens (primary N) is 4. The molecule has 4 rings (SSSR count). The second-order valence-electron chi connectivity index (χ2n) is 11.9. The van der Waals surface area contributed by atoms with Crippen molar-refractivity contribution in [3.63, 3.8) is 0 Å². The van der Waals surface area contributed by atoms with Crippen molar-refractivity contribution < 1.29 is 29.5 Å². The number of likely N-dealkylation sites (N-methyl/N-ethyl adjacent to an activating group) is 1. The second kappa shape index (κ2) is 12.5. The molecule has 0 bridgehead atoms. The van der Waals surface area contributed by atoms with Gasteiger partial charge in [-0.1, -0.05) is 0 Å². The molecule has 14 nitrogen and oxygen atoms in total. The first-order valence-electron chi connectivity index (χ1n) is 13.9. The minimum absolute atomic E-state index is 0.0779. The Morgan fingerprint density at radius 2 is 1.90 bits per heavy atom. The van der Waals surface area contributed by atoms with Gasteiger partial charge in [0.2, 0.25) is 0 Å². The predicted molar refractivity (Wildman–Crippen MR) is 144 cm³/mol. The molecule has 1 saturated heterocycles. The molecule has 39 heavy (non-hydrogen) atoms. The van der Waals surface area contributed by atoms with Crippen LogP contribution in [0.1, 0.15) is 32.6 Å². The summed E-state index contributed by atoms with van der Waals surface area (Å²) in [5.41, 5.74) is 23.2. The van der Waals surface area contributed by atoms with Crippen molar-refractivity contribution in [2.45, 2.75) is 99.1 Å². The number of rotatable bonds is 9. The summed E-state index contributed by atoms with van der Waals surface area (Å²) in [6.45, 7) is 2.84. The van der Waals surface area contributed by atoms with Crippen molar-refractivity contribution in [3.8, 4) is 0 Å². The second-order valence-corrected chi connectivity index (χ2v) is 11.9. The lowest BCUT2D eigenvalue weighted by Gasteiger charge is -2.50. The summed E-state index contributed by atoms with van der Waals surface area (Å²) < 4.78 is 18.1. The first kappa shape index (κ1) is 30.4. The van der Waals surface area contributed by atoms with Gasteiger partial charge in [-0.2, -0.15) is 0 Å². The van der Waals surface area contributed by atoms with E-state index in [1.54, 1.807) is 14.0 Å². The molecule has 2 aliphatic carbocycles. The third kappa shape index (κ3) is 6.84. The molecule has 224 valence electrons. The molecule has 2 aliphatic heterocycles. The Kier molecular flexibility index (Phi) is 9.74. The topological polar surface area (TPSA) is 252 Å². The zero-order chi connectivity index (χ0) is 28.5. The molecule has 11 atom stereocenters. The number of ether oxygens (including phenoxy) is 3. The van der Waals surface area contributed by atoms with Crippen molar-refractivity contribution in [1.29, 1.82) is 5.41 Å². The minimum Gasteiger partial charge on any atom is -0.491 e. The highest BCUT2D eigenvalue weighted by Gasteiger charge is 2.52. The van der Waals surface area contributed by atoms with Gasteiger partial charge in [-0.15, -0.1) is 0 Å². The normalized spacial score (nSPS) is 46.5. The minimum atomic E-state index is -1.31. The van der Waals surface area contributed by atoms with Gasteiger partial charge in [-0.3, -0.25) is 5.41 Å². The zero-order valence-electron chi connectivity index (χ0n) is 22.8. The van der Waals surface area contributed by atoms with Crippen molar-refractivity contribution in [2.24, 2.45) is 34.8 Å². The molecule has 0 aromatic heterocycles. The van der Waals surface area contributed by atoms with Crippen LogP contribution in [0.5, 0.6) is 0 Å². The molecule has 4 aliphatic rings. The number of guanidine groups is 1. The Balaban J connectivity index is 1.46. The third-order valence-corrected chi connectivity index (χ3v) is 8.63. The Morgan fingerprint density at radius 1 is 1.18 bits per heavy atom. The van der Waals surface area contributed by atoms with E-state index in [-0.39, 0.29) is 18.6 Å². The molecule has 2 saturated carbocycles. The standard InChI is InChI=1S/C25H48N8O6/c1-25(36)10-37-23(19(35)22(25)31-2)39-20-15(28)7-14(27)17(18(20)34)21-16(33-24(29)30)4-3-13(38-21)9-32-8-11-5-12(26)6-11/h3,11-12,14-23,31-32,34-36H,4-10,26-28H2,1-2H3,(H4,29,30,33)/t11-,12-,14-,15+,16+,17+,18-,19+,20-,21?,22+,23+,25-/m0/s1. The van der Waals surface area contributed by atoms with Gasteiger partial charge < -0.3 is 68.4 Å². The zero-order valence-corrected chi connectivity index (χ0v) is 22.8. The molecule has 14 heteroatoms. The summed E-state index contributed by atoms with van der Waals surface area (Å²) in [7, 11) is 1.63. The fourth-order valence-electron chi connectivity index (χ4n) is 6.52. The van der Waals surface area contributed by atoms with E-state index in [9.17, 15) is 15.3 Å². The summed E-state index contributed by atoms with van der Waals surface area (Å²) >= 11 is 0. The smallest absolute Gasteiger partial charge is 0.186 e. The number of hydrogen-bond donors (Lipinski definition) is 11. The van der Waals surface area contributed by atoms with Gasteiger partial charge in [0.25, 0.3) is 0 Å². The van der Waals surface area contributed by atoms with Crippen LogP contribution < -0.4 is 38.9 Å². The lowest BCUT2D eigenvalue weighted by Crippen LogP contribution is -2.69. The Hall–Kier alpha value is -1.59. The van der Waals surface area contributed by atoms with Gasteiger partial charge in [-0.05, 0) is 58.2 Å². The van der Waals surface area contributed by atoms with E-state index in [0.717, 1.165) is 25.1 Å². The van der Waals surface area contributed by atoms with Crippen LogP contribution in [-0.4, -0.2) is 115 Å². The molecule has 0 amide bonds. The number of nitrogens with one attached hydrogen (secondary N) is 4. The maximum absolute atomic E-state index is 11.6. The Morgan fingerprint density at radius 3 is 2.54 bits per heavy atom. The van der Waals surface area contributed by atoms with Crippen LogP contribution in [0.25, 0.3) is 0 Å². The Bertz CT molecular complexity index is 874. The molecular formula is C25H48N8O6. The number of aliphatic hydroxyl groups excluding tert-OH is 2. The number of aliphatic hydroxyl groups is 3. The first-order chi connectivity index (χ1) is 18.4. The van der Waals surface area contributed by atoms with Gasteiger partial charge in [0, 0.05) is 24.0 Å². The molecular weight excluding hydrogens is 508 g/mol. The third-order valence-electron chi connectivity index (χ3n) is 8.63. The molecule has 15 N–H and O–H groups in total. The fraction of sp³-hybridized carbons (Fsp3) is 0.880. The predicted octanol–water partition coefficient (Wildman–Crippen LogP) is -3.69. The molecule has 0 radical (unpaired) electrons. The number of hydrogen-bond acceptors (Lipinski definition) is 12. The van der Waals surface area contributed by atoms with Crippen LogP contribution in [0.3, 0.4) is 0 Å². The Labute approximate surface area is 229 Å². The van der Waals surface area contributed by atoms with Crippen molar-refractivity contribution in [3.05, 3.63) is 11.8 Å². The highest BCUT2D eigenvalue weighted by atomic mass is 16.7. The van der Waals surface area contributed by atoms with Gasteiger partial charge in [0.05, 0.1) is 31.3 Å². The van der Waals surface area contributed by atoms with Crippen molar-refractivity contribution >= 4 is 5.96 Å². The van der Waals surface area contributed by atoms with Crippen LogP contribution in [-0.2, 0) is 14.2 Å². The molecule has 0 aromatic rings. The molecule has 2 heterocycles. The van der Waals surface area contributed by atoms with Gasteiger partial charge >= 0.3 is 0 Å². The van der Waals surface area contributed by atoms with Gasteiger partial charge in [0.1, 0.15) is 29.7 Å². The highest BCUT2D eigenvalue weighted by molar-refractivity contribution is 5.74. The van der Waals surface area contributed by atoms with E-state index in [1.807, 2.05) is 6.08 Å². The van der Waals surface area contributed by atoms with Crippen LogP contribution in [0, 0.1) is 17.2 Å². The lowest BCUT2D eigenvalue weighted by atomic mass is 9.72. The quantitative estimate of drug-likeness (QED) is 0.0967. The summed E-state index contributed by atoms with van der Waals surface area (Å²) in [6.07, 6.45) is -0.231. The SMILES string of the molecule is CN[C@@H]1[C@@H](O)[C@@H](O[C@@H]2[C@@H](O)[C@H](C3OC(CNC[C@H]4C[C@H](N)C4)=CC[C@H]3NC(=N)N)[C@@H](N)C[C@H]2N)OC[C@]1(C)O. The molecule has 3 fully saturated rings. The summed E-state index contributed by atoms with van der Waals surface area (Å²) in [6, 6.07) is -1.99. The summed E-state index contributed by atoms with van der Waals surface area (Å²) in [4.78, 5) is 0. The van der Waals surface area contributed by atoms with Crippen LogP contribution >= 0.6 is 0 Å². The fourth-order valence-corrected chi connectivity index (χ4v) is 6.52. The van der Waals surface area contributed by atoms with Gasteiger partial charge in [0.15, 0.2) is 12.2 Å². The average Bonchev–Trinajstić information content (AvgIpc) is 2.83. The highest BCUT2D eigenvalue weighted by Crippen LogP contribution is 2.36. The summed E-state index contributed by atoms with van der Waals surface area (Å²) in [5.74, 6) is 0.451. The average molecular weight is 557 g/mol. The maximum Gasteiger partial charge on any atom is 0.186 e. The van der Waals surface area contributed by atoms with Crippen LogP contribution in [0.4, 0.5) is 0 Å². The van der Waals surface area contributed by atoms with E-state index >= 15 is 0 Å². The largest absolute Gasteiger partial charge is 0.491 e. The first-order valence-corrected chi connectivity index (χ1v) is 13.9. The van der Waals surface area contributed by atoms with Crippen LogP contribution in [0.15, 0.2) is 11.8 Å². The van der Waals surface area contributed by atoms with E-state index < -0.39 is 66.4 Å². The summed E-state index contributed by atoms with van der Waals surface area (Å²) in [5, 5.41) is 50.1. The van der Waals surface area contributed by atoms with Gasteiger partial charge in [-0.25, -0.2) is 0 Å². The van der Waals surface area contributed by atoms with E-state index in [4.69, 9.17) is 42.6 Å². The lowest BCUT2D eigenvalue weighted by molar-refractivity contribution is -0.296. The molecule has 0 aromatic carbocycles. The van der Waals surface area contributed by atoms with E-state index in [1.165, 1.54) is 0 Å².